The van der Waals surface area contributed by atoms with Gasteiger partial charge in [0.1, 0.15) is 0 Å². The van der Waals surface area contributed by atoms with Gasteiger partial charge in [0.2, 0.25) is 0 Å². The van der Waals surface area contributed by atoms with Gasteiger partial charge < -0.3 is 5.11 Å². The first-order valence-corrected chi connectivity index (χ1v) is 6.64. The topological polar surface area (TPSA) is 54.4 Å². The molecular formula is C12H16O3S. The zero-order chi connectivity index (χ0) is 12.2. The average Bonchev–Trinajstić information content (AvgIpc) is 2.29. The van der Waals surface area contributed by atoms with Gasteiger partial charge in [-0.3, -0.25) is 0 Å². The molecule has 0 bridgehead atoms. The van der Waals surface area contributed by atoms with Crippen LogP contribution in [0.1, 0.15) is 18.9 Å². The second kappa shape index (κ2) is 5.27. The lowest BCUT2D eigenvalue weighted by atomic mass is 10.2. The molecule has 88 valence electrons. The quantitative estimate of drug-likeness (QED) is 0.855. The van der Waals surface area contributed by atoms with E-state index in [1.54, 1.807) is 37.3 Å². The van der Waals surface area contributed by atoms with Gasteiger partial charge in [0, 0.05) is 6.61 Å². The third-order valence-electron chi connectivity index (χ3n) is 2.51. The summed E-state index contributed by atoms with van der Waals surface area (Å²) in [4.78, 5) is 0.291. The third kappa shape index (κ3) is 2.71. The van der Waals surface area contributed by atoms with Crippen LogP contribution in [0.3, 0.4) is 0 Å². The fraction of sp³-hybridized carbons (Fsp3) is 0.333. The number of sulfone groups is 1. The molecule has 1 rings (SSSR count). The molecule has 0 fully saturated rings. The molecule has 0 radical (unpaired) electrons. The van der Waals surface area contributed by atoms with Crippen LogP contribution in [0, 0.1) is 0 Å². The minimum atomic E-state index is -3.32. The summed E-state index contributed by atoms with van der Waals surface area (Å²) in [5, 5.41) is 8.19. The Kier molecular flexibility index (Phi) is 4.26. The van der Waals surface area contributed by atoms with Crippen LogP contribution in [0.25, 0.3) is 6.08 Å². The Bertz CT molecular complexity index is 446. The summed E-state index contributed by atoms with van der Waals surface area (Å²) in [6, 6.07) is 6.57. The van der Waals surface area contributed by atoms with Crippen LogP contribution in [-0.4, -0.2) is 25.4 Å². The Labute approximate surface area is 96.4 Å². The molecule has 0 heterocycles. The van der Waals surface area contributed by atoms with Gasteiger partial charge in [0.25, 0.3) is 0 Å². The summed E-state index contributed by atoms with van der Waals surface area (Å²) < 4.78 is 24.0. The summed E-state index contributed by atoms with van der Waals surface area (Å²) in [7, 11) is -3.32. The predicted molar refractivity (Wildman–Crippen MR) is 64.9 cm³/mol. The van der Waals surface area contributed by atoms with Gasteiger partial charge in [-0.05, 0) is 31.0 Å². The lowest BCUT2D eigenvalue weighted by molar-refractivity contribution is 0.287. The molecule has 1 aromatic rings. The van der Waals surface area contributed by atoms with Crippen molar-refractivity contribution in [1.29, 1.82) is 0 Å². The normalized spacial score (nSPS) is 13.4. The zero-order valence-corrected chi connectivity index (χ0v) is 10.1. The first-order chi connectivity index (χ1) is 7.52. The number of aliphatic hydroxyl groups excluding tert-OH is 1. The van der Waals surface area contributed by atoms with E-state index in [0.717, 1.165) is 5.56 Å². The highest BCUT2D eigenvalue weighted by Gasteiger charge is 2.22. The van der Waals surface area contributed by atoms with Crippen LogP contribution in [0.5, 0.6) is 0 Å². The molecule has 0 aliphatic rings. The monoisotopic (exact) mass is 240 g/mol. The summed E-state index contributed by atoms with van der Waals surface area (Å²) >= 11 is 0. The SMILES string of the molecule is C=Cc1ccc(S(=O)(=O)C(C)CCO)cc1. The van der Waals surface area contributed by atoms with Crippen molar-refractivity contribution in [2.75, 3.05) is 6.61 Å². The standard InChI is InChI=1S/C12H16O3S/c1-3-11-4-6-12(7-5-11)16(14,15)10(2)8-9-13/h3-7,10,13H,1,8-9H2,2H3. The molecular weight excluding hydrogens is 224 g/mol. The molecule has 4 heteroatoms. The van der Waals surface area contributed by atoms with Gasteiger partial charge in [-0.25, -0.2) is 8.42 Å². The van der Waals surface area contributed by atoms with Crippen molar-refractivity contribution in [3.05, 3.63) is 36.4 Å². The van der Waals surface area contributed by atoms with Crippen molar-refractivity contribution in [3.63, 3.8) is 0 Å². The zero-order valence-electron chi connectivity index (χ0n) is 9.26. The molecule has 0 aromatic heterocycles. The van der Waals surface area contributed by atoms with Gasteiger partial charge in [0.15, 0.2) is 9.84 Å². The Balaban J connectivity index is 3.02. The van der Waals surface area contributed by atoms with E-state index >= 15 is 0 Å². The van der Waals surface area contributed by atoms with E-state index in [1.807, 2.05) is 0 Å². The number of hydrogen-bond donors (Lipinski definition) is 1. The molecule has 1 N–H and O–H groups in total. The molecule has 0 aliphatic carbocycles. The van der Waals surface area contributed by atoms with Gasteiger partial charge >= 0.3 is 0 Å². The van der Waals surface area contributed by atoms with Crippen LogP contribution in [0.2, 0.25) is 0 Å². The number of aliphatic hydroxyl groups is 1. The minimum Gasteiger partial charge on any atom is -0.396 e. The van der Waals surface area contributed by atoms with E-state index in [0.29, 0.717) is 4.90 Å². The first kappa shape index (κ1) is 12.9. The third-order valence-corrected chi connectivity index (χ3v) is 4.73. The summed E-state index contributed by atoms with van der Waals surface area (Å²) in [6.45, 7) is 5.09. The largest absolute Gasteiger partial charge is 0.396 e. The second-order valence-corrected chi connectivity index (χ2v) is 6.01. The maximum atomic E-state index is 12.0. The lowest BCUT2D eigenvalue weighted by Gasteiger charge is -2.11. The highest BCUT2D eigenvalue weighted by atomic mass is 32.2. The molecule has 1 atom stereocenters. The molecule has 16 heavy (non-hydrogen) atoms. The molecule has 1 unspecified atom stereocenters. The molecule has 0 aliphatic heterocycles. The molecule has 1 aromatic carbocycles. The van der Waals surface area contributed by atoms with Gasteiger partial charge in [-0.1, -0.05) is 24.8 Å². The van der Waals surface area contributed by atoms with E-state index in [1.165, 1.54) is 0 Å². The fourth-order valence-corrected chi connectivity index (χ4v) is 2.76. The van der Waals surface area contributed by atoms with Crippen molar-refractivity contribution in [1.82, 2.24) is 0 Å². The van der Waals surface area contributed by atoms with E-state index in [4.69, 9.17) is 5.11 Å². The van der Waals surface area contributed by atoms with Crippen LogP contribution in [0.4, 0.5) is 0 Å². The number of rotatable bonds is 5. The highest BCUT2D eigenvalue weighted by molar-refractivity contribution is 7.92. The van der Waals surface area contributed by atoms with Gasteiger partial charge in [-0.2, -0.15) is 0 Å². The molecule has 0 amide bonds. The Hall–Kier alpha value is -1.13. The number of benzene rings is 1. The molecule has 3 nitrogen and oxygen atoms in total. The Morgan fingerprint density at radius 1 is 1.38 bits per heavy atom. The minimum absolute atomic E-state index is 0.120. The second-order valence-electron chi connectivity index (χ2n) is 3.64. The van der Waals surface area contributed by atoms with E-state index in [2.05, 4.69) is 6.58 Å². The maximum absolute atomic E-state index is 12.0. The van der Waals surface area contributed by atoms with E-state index < -0.39 is 15.1 Å². The molecule has 0 saturated heterocycles. The Morgan fingerprint density at radius 3 is 2.38 bits per heavy atom. The van der Waals surface area contributed by atoms with Crippen LogP contribution < -0.4 is 0 Å². The van der Waals surface area contributed by atoms with Gasteiger partial charge in [-0.15, -0.1) is 0 Å². The maximum Gasteiger partial charge on any atom is 0.181 e. The lowest BCUT2D eigenvalue weighted by Crippen LogP contribution is -2.19. The van der Waals surface area contributed by atoms with Crippen molar-refractivity contribution in [2.24, 2.45) is 0 Å². The smallest absolute Gasteiger partial charge is 0.181 e. The van der Waals surface area contributed by atoms with Crippen LogP contribution >= 0.6 is 0 Å². The Morgan fingerprint density at radius 2 is 1.94 bits per heavy atom. The summed E-state index contributed by atoms with van der Waals surface area (Å²) in [6.07, 6.45) is 1.92. The van der Waals surface area contributed by atoms with E-state index in [-0.39, 0.29) is 13.0 Å². The van der Waals surface area contributed by atoms with Gasteiger partial charge in [0.05, 0.1) is 10.1 Å². The average molecular weight is 240 g/mol. The number of hydrogen-bond acceptors (Lipinski definition) is 3. The van der Waals surface area contributed by atoms with Crippen molar-refractivity contribution >= 4 is 15.9 Å². The fourth-order valence-electron chi connectivity index (χ4n) is 1.36. The van der Waals surface area contributed by atoms with Crippen molar-refractivity contribution in [2.45, 2.75) is 23.5 Å². The molecule has 0 saturated carbocycles. The predicted octanol–water partition coefficient (Wildman–Crippen LogP) is 1.87. The molecule has 0 spiro atoms. The van der Waals surface area contributed by atoms with Crippen molar-refractivity contribution in [3.8, 4) is 0 Å². The van der Waals surface area contributed by atoms with Crippen LogP contribution in [0.15, 0.2) is 35.7 Å². The summed E-state index contributed by atoms with van der Waals surface area (Å²) in [5.41, 5.74) is 0.883. The highest BCUT2D eigenvalue weighted by Crippen LogP contribution is 2.18. The summed E-state index contributed by atoms with van der Waals surface area (Å²) in [5.74, 6) is 0. The van der Waals surface area contributed by atoms with Crippen molar-refractivity contribution < 1.29 is 13.5 Å². The first-order valence-electron chi connectivity index (χ1n) is 5.09. The van der Waals surface area contributed by atoms with Crippen LogP contribution in [-0.2, 0) is 9.84 Å². The van der Waals surface area contributed by atoms with E-state index in [9.17, 15) is 8.42 Å².